The molecule has 21 heavy (non-hydrogen) atoms. The first-order valence-corrected chi connectivity index (χ1v) is 8.49. The number of likely N-dealkylation sites (tertiary alicyclic amines) is 1. The van der Waals surface area contributed by atoms with Crippen LogP contribution >= 0.6 is 11.6 Å². The van der Waals surface area contributed by atoms with Crippen LogP contribution in [0.4, 0.5) is 0 Å². The quantitative estimate of drug-likeness (QED) is 0.722. The normalized spacial score (nSPS) is 19.0. The lowest BCUT2D eigenvalue weighted by molar-refractivity contribution is 0.192. The molecular weight excluding hydrogens is 282 g/mol. The van der Waals surface area contributed by atoms with E-state index in [0.29, 0.717) is 5.92 Å². The number of hydrogen-bond acceptors (Lipinski definition) is 2. The Labute approximate surface area is 134 Å². The summed E-state index contributed by atoms with van der Waals surface area (Å²) in [6.45, 7) is 9.99. The van der Waals surface area contributed by atoms with Crippen molar-refractivity contribution in [1.82, 2.24) is 4.90 Å². The highest BCUT2D eigenvalue weighted by Crippen LogP contribution is 2.33. The lowest BCUT2D eigenvalue weighted by Crippen LogP contribution is -2.35. The molecule has 1 aromatic carbocycles. The molecule has 0 spiro atoms. The fourth-order valence-electron chi connectivity index (χ4n) is 2.93. The molecular formula is C18H28ClNO. The number of halogens is 1. The zero-order chi connectivity index (χ0) is 15.4. The van der Waals surface area contributed by atoms with Gasteiger partial charge in [0.25, 0.3) is 0 Å². The minimum Gasteiger partial charge on any atom is -0.496 e. The van der Waals surface area contributed by atoms with E-state index in [1.165, 1.54) is 18.4 Å². The van der Waals surface area contributed by atoms with E-state index >= 15 is 0 Å². The maximum atomic E-state index is 6.71. The zero-order valence-corrected chi connectivity index (χ0v) is 14.5. The first-order valence-electron chi connectivity index (χ1n) is 8.05. The number of hydrogen-bond donors (Lipinski definition) is 0. The Morgan fingerprint density at radius 2 is 1.95 bits per heavy atom. The van der Waals surface area contributed by atoms with Crippen molar-refractivity contribution >= 4 is 11.6 Å². The van der Waals surface area contributed by atoms with Gasteiger partial charge in [-0.05, 0) is 49.4 Å². The van der Waals surface area contributed by atoms with E-state index in [0.717, 1.165) is 36.9 Å². The average Bonchev–Trinajstić information content (AvgIpc) is 2.48. The molecule has 0 bridgehead atoms. The minimum atomic E-state index is -0.00736. The van der Waals surface area contributed by atoms with Crippen LogP contribution < -0.4 is 4.74 Å². The molecule has 0 radical (unpaired) electrons. The van der Waals surface area contributed by atoms with Crippen LogP contribution in [0.5, 0.6) is 5.75 Å². The Balaban J connectivity index is 2.09. The lowest BCUT2D eigenvalue weighted by atomic mass is 9.97. The summed E-state index contributed by atoms with van der Waals surface area (Å²) < 4.78 is 5.50. The van der Waals surface area contributed by atoms with E-state index in [4.69, 9.17) is 16.3 Å². The maximum absolute atomic E-state index is 6.71. The highest BCUT2D eigenvalue weighted by atomic mass is 35.5. The van der Waals surface area contributed by atoms with Crippen molar-refractivity contribution in [1.29, 1.82) is 0 Å². The minimum absolute atomic E-state index is 0.00736. The van der Waals surface area contributed by atoms with Crippen LogP contribution in [0.15, 0.2) is 18.2 Å². The summed E-state index contributed by atoms with van der Waals surface area (Å²) >= 11 is 6.71. The van der Waals surface area contributed by atoms with Crippen molar-refractivity contribution in [2.45, 2.75) is 44.9 Å². The number of ether oxygens (including phenoxy) is 1. The van der Waals surface area contributed by atoms with Crippen LogP contribution in [0.2, 0.25) is 0 Å². The smallest absolute Gasteiger partial charge is 0.123 e. The summed E-state index contributed by atoms with van der Waals surface area (Å²) in [5.41, 5.74) is 2.45. The van der Waals surface area contributed by atoms with Gasteiger partial charge in [0.1, 0.15) is 5.75 Å². The summed E-state index contributed by atoms with van der Waals surface area (Å²) in [5.74, 6) is 2.27. The molecule has 1 aliphatic heterocycles. The van der Waals surface area contributed by atoms with E-state index in [-0.39, 0.29) is 5.38 Å². The van der Waals surface area contributed by atoms with Crippen LogP contribution in [0.25, 0.3) is 0 Å². The SMILES string of the molecule is COc1ccc(C(C)C)cc1C(Cl)CN1CCC(C)CC1. The summed E-state index contributed by atoms with van der Waals surface area (Å²) in [4.78, 5) is 2.49. The summed E-state index contributed by atoms with van der Waals surface area (Å²) in [6, 6.07) is 6.41. The Morgan fingerprint density at radius 1 is 1.29 bits per heavy atom. The zero-order valence-electron chi connectivity index (χ0n) is 13.7. The van der Waals surface area contributed by atoms with E-state index in [9.17, 15) is 0 Å². The van der Waals surface area contributed by atoms with Gasteiger partial charge in [-0.3, -0.25) is 0 Å². The molecule has 2 nitrogen and oxygen atoms in total. The van der Waals surface area contributed by atoms with E-state index in [1.54, 1.807) is 7.11 Å². The fourth-order valence-corrected chi connectivity index (χ4v) is 3.29. The van der Waals surface area contributed by atoms with Gasteiger partial charge < -0.3 is 9.64 Å². The van der Waals surface area contributed by atoms with Gasteiger partial charge in [0, 0.05) is 12.1 Å². The standard InChI is InChI=1S/C18H28ClNO/c1-13(2)15-5-6-18(21-4)16(11-15)17(19)12-20-9-7-14(3)8-10-20/h5-6,11,13-14,17H,7-10,12H2,1-4H3. The molecule has 1 atom stereocenters. The van der Waals surface area contributed by atoms with Crippen LogP contribution in [-0.4, -0.2) is 31.6 Å². The lowest BCUT2D eigenvalue weighted by Gasteiger charge is -2.32. The Bertz CT molecular complexity index is 453. The second-order valence-corrected chi connectivity index (χ2v) is 7.13. The Morgan fingerprint density at radius 3 is 2.52 bits per heavy atom. The first kappa shape index (κ1) is 16.6. The molecule has 1 saturated heterocycles. The number of rotatable bonds is 5. The largest absolute Gasteiger partial charge is 0.496 e. The molecule has 0 saturated carbocycles. The second-order valence-electron chi connectivity index (χ2n) is 6.61. The van der Waals surface area contributed by atoms with Crippen LogP contribution in [0.1, 0.15) is 56.0 Å². The molecule has 1 aliphatic rings. The van der Waals surface area contributed by atoms with Gasteiger partial charge in [-0.25, -0.2) is 0 Å². The maximum Gasteiger partial charge on any atom is 0.123 e. The second kappa shape index (κ2) is 7.51. The Hall–Kier alpha value is -0.730. The highest BCUT2D eigenvalue weighted by molar-refractivity contribution is 6.21. The van der Waals surface area contributed by atoms with Gasteiger partial charge in [0.05, 0.1) is 12.5 Å². The molecule has 0 amide bonds. The number of alkyl halides is 1. The van der Waals surface area contributed by atoms with Crippen LogP contribution in [-0.2, 0) is 0 Å². The molecule has 1 aromatic rings. The molecule has 0 N–H and O–H groups in total. The van der Waals surface area contributed by atoms with Gasteiger partial charge in [-0.2, -0.15) is 0 Å². The summed E-state index contributed by atoms with van der Waals surface area (Å²) in [6.07, 6.45) is 2.57. The monoisotopic (exact) mass is 309 g/mol. The van der Waals surface area contributed by atoms with Gasteiger partial charge in [0.15, 0.2) is 0 Å². The molecule has 0 aromatic heterocycles. The van der Waals surface area contributed by atoms with Gasteiger partial charge in [-0.15, -0.1) is 11.6 Å². The van der Waals surface area contributed by atoms with Gasteiger partial charge in [-0.1, -0.05) is 32.9 Å². The van der Waals surface area contributed by atoms with Crippen molar-refractivity contribution in [2.24, 2.45) is 5.92 Å². The van der Waals surface area contributed by atoms with E-state index in [2.05, 4.69) is 43.9 Å². The van der Waals surface area contributed by atoms with Gasteiger partial charge >= 0.3 is 0 Å². The van der Waals surface area contributed by atoms with E-state index < -0.39 is 0 Å². The van der Waals surface area contributed by atoms with Crippen LogP contribution in [0.3, 0.4) is 0 Å². The summed E-state index contributed by atoms with van der Waals surface area (Å²) in [5, 5.41) is -0.00736. The van der Waals surface area contributed by atoms with Crippen molar-refractivity contribution in [2.75, 3.05) is 26.7 Å². The average molecular weight is 310 g/mol. The number of benzene rings is 1. The first-order chi connectivity index (χ1) is 10.0. The fraction of sp³-hybridized carbons (Fsp3) is 0.667. The number of piperidine rings is 1. The molecule has 0 aliphatic carbocycles. The molecule has 118 valence electrons. The molecule has 3 heteroatoms. The molecule has 1 unspecified atom stereocenters. The highest BCUT2D eigenvalue weighted by Gasteiger charge is 2.21. The molecule has 2 rings (SSSR count). The molecule has 1 heterocycles. The van der Waals surface area contributed by atoms with Crippen molar-refractivity contribution in [3.05, 3.63) is 29.3 Å². The predicted octanol–water partition coefficient (Wildman–Crippen LogP) is 4.83. The van der Waals surface area contributed by atoms with Crippen molar-refractivity contribution in [3.63, 3.8) is 0 Å². The van der Waals surface area contributed by atoms with Crippen molar-refractivity contribution in [3.8, 4) is 5.75 Å². The van der Waals surface area contributed by atoms with Crippen LogP contribution in [0, 0.1) is 5.92 Å². The molecule has 1 fully saturated rings. The third-order valence-electron chi connectivity index (χ3n) is 4.55. The third-order valence-corrected chi connectivity index (χ3v) is 4.93. The Kier molecular flexibility index (Phi) is 5.95. The predicted molar refractivity (Wildman–Crippen MR) is 90.5 cm³/mol. The topological polar surface area (TPSA) is 12.5 Å². The van der Waals surface area contributed by atoms with Gasteiger partial charge in [0.2, 0.25) is 0 Å². The summed E-state index contributed by atoms with van der Waals surface area (Å²) in [7, 11) is 1.72. The van der Waals surface area contributed by atoms with E-state index in [1.807, 2.05) is 0 Å². The number of methoxy groups -OCH3 is 1. The van der Waals surface area contributed by atoms with Crippen molar-refractivity contribution < 1.29 is 4.74 Å². The number of nitrogens with zero attached hydrogens (tertiary/aromatic N) is 1. The third kappa shape index (κ3) is 4.37.